The molecule has 1 aliphatic heterocycles. The van der Waals surface area contributed by atoms with E-state index in [1.807, 2.05) is 54.6 Å². The van der Waals surface area contributed by atoms with Gasteiger partial charge in [-0.3, -0.25) is 14.5 Å². The second kappa shape index (κ2) is 7.39. The summed E-state index contributed by atoms with van der Waals surface area (Å²) >= 11 is 0. The Hall–Kier alpha value is -3.15. The molecule has 2 aromatic carbocycles. The average molecular weight is 351 g/mol. The van der Waals surface area contributed by atoms with E-state index in [2.05, 4.69) is 5.32 Å². The summed E-state index contributed by atoms with van der Waals surface area (Å²) in [5.74, 6) is -0.606. The zero-order valence-electron chi connectivity index (χ0n) is 14.8. The van der Waals surface area contributed by atoms with Gasteiger partial charge in [-0.25, -0.2) is 4.79 Å². The van der Waals surface area contributed by atoms with Crippen molar-refractivity contribution in [1.82, 2.24) is 15.1 Å². The maximum Gasteiger partial charge on any atom is 0.326 e. The minimum atomic E-state index is -0.729. The van der Waals surface area contributed by atoms with Gasteiger partial charge in [-0.2, -0.15) is 0 Å². The van der Waals surface area contributed by atoms with Crippen LogP contribution in [-0.4, -0.2) is 47.8 Å². The largest absolute Gasteiger partial charge is 0.352 e. The number of amides is 4. The van der Waals surface area contributed by atoms with Crippen LogP contribution < -0.4 is 5.32 Å². The van der Waals surface area contributed by atoms with Gasteiger partial charge in [0.05, 0.1) is 6.42 Å². The molecular formula is C20H21N3O3. The van der Waals surface area contributed by atoms with E-state index < -0.39 is 6.04 Å². The molecule has 0 unspecified atom stereocenters. The van der Waals surface area contributed by atoms with Crippen LogP contribution in [-0.2, 0) is 16.1 Å². The highest BCUT2D eigenvalue weighted by Gasteiger charge is 2.41. The molecule has 1 atom stereocenters. The molecule has 6 heteroatoms. The molecule has 0 saturated carbocycles. The van der Waals surface area contributed by atoms with Crippen LogP contribution in [0.15, 0.2) is 54.6 Å². The lowest BCUT2D eigenvalue weighted by Crippen LogP contribution is -2.37. The lowest BCUT2D eigenvalue weighted by molar-refractivity contribution is -0.131. The van der Waals surface area contributed by atoms with E-state index in [1.54, 1.807) is 0 Å². The summed E-state index contributed by atoms with van der Waals surface area (Å²) in [6.07, 6.45) is -0.0342. The monoisotopic (exact) mass is 351 g/mol. The topological polar surface area (TPSA) is 69.7 Å². The van der Waals surface area contributed by atoms with Crippen molar-refractivity contribution in [3.05, 3.63) is 60.2 Å². The maximum absolute atomic E-state index is 12.1. The minimum absolute atomic E-state index is 0.0342. The highest BCUT2D eigenvalue weighted by Crippen LogP contribution is 2.19. The number of imide groups is 1. The van der Waals surface area contributed by atoms with Gasteiger partial charge in [-0.15, -0.1) is 0 Å². The summed E-state index contributed by atoms with van der Waals surface area (Å²) in [5.41, 5.74) is 3.22. The molecule has 26 heavy (non-hydrogen) atoms. The highest BCUT2D eigenvalue weighted by molar-refractivity contribution is 6.05. The second-order valence-electron chi connectivity index (χ2n) is 6.35. The fourth-order valence-corrected chi connectivity index (χ4v) is 2.97. The fraction of sp³-hybridized carbons (Fsp3) is 0.250. The summed E-state index contributed by atoms with van der Waals surface area (Å²) in [6, 6.07) is 16.9. The van der Waals surface area contributed by atoms with Crippen LogP contribution in [0.3, 0.4) is 0 Å². The Kier molecular flexibility index (Phi) is 5.02. The molecule has 3 rings (SSSR count). The number of carbonyl (C=O) groups is 3. The zero-order chi connectivity index (χ0) is 18.7. The van der Waals surface area contributed by atoms with Crippen molar-refractivity contribution < 1.29 is 14.4 Å². The van der Waals surface area contributed by atoms with Gasteiger partial charge >= 0.3 is 6.03 Å². The van der Waals surface area contributed by atoms with Crippen LogP contribution in [0, 0.1) is 0 Å². The Morgan fingerprint density at radius 1 is 0.962 bits per heavy atom. The summed E-state index contributed by atoms with van der Waals surface area (Å²) in [7, 11) is 2.96. The van der Waals surface area contributed by atoms with Gasteiger partial charge in [0.25, 0.3) is 5.91 Å². The van der Waals surface area contributed by atoms with E-state index in [4.69, 9.17) is 0 Å². The second-order valence-corrected chi connectivity index (χ2v) is 6.35. The first-order valence-corrected chi connectivity index (χ1v) is 8.43. The maximum atomic E-state index is 12.1. The van der Waals surface area contributed by atoms with Crippen LogP contribution in [0.2, 0.25) is 0 Å². The molecule has 134 valence electrons. The summed E-state index contributed by atoms with van der Waals surface area (Å²) < 4.78 is 0. The number of rotatable bonds is 5. The van der Waals surface area contributed by atoms with Crippen molar-refractivity contribution in [2.75, 3.05) is 14.1 Å². The molecule has 1 heterocycles. The molecule has 0 aromatic heterocycles. The number of urea groups is 1. The van der Waals surface area contributed by atoms with E-state index in [0.717, 1.165) is 21.6 Å². The smallest absolute Gasteiger partial charge is 0.326 e. The molecule has 4 amide bonds. The lowest BCUT2D eigenvalue weighted by atomic mass is 10.0. The third kappa shape index (κ3) is 3.59. The van der Waals surface area contributed by atoms with E-state index >= 15 is 0 Å². The van der Waals surface area contributed by atoms with E-state index in [9.17, 15) is 14.4 Å². The molecule has 0 bridgehead atoms. The Labute approximate surface area is 152 Å². The molecule has 6 nitrogen and oxygen atoms in total. The fourth-order valence-electron chi connectivity index (χ4n) is 2.97. The van der Waals surface area contributed by atoms with Crippen molar-refractivity contribution >= 4 is 17.8 Å². The standard InChI is InChI=1S/C20H21N3O3/c1-22-17(19(25)23(2)20(22)26)12-18(24)21-13-14-8-10-16(11-9-14)15-6-4-3-5-7-15/h3-11,17H,12-13H2,1-2H3,(H,21,24)/t17-/m1/s1. The van der Waals surface area contributed by atoms with Gasteiger partial charge in [-0.1, -0.05) is 54.6 Å². The molecule has 1 saturated heterocycles. The minimum Gasteiger partial charge on any atom is -0.352 e. The first kappa shape index (κ1) is 17.7. The third-order valence-corrected chi connectivity index (χ3v) is 4.60. The normalized spacial score (nSPS) is 16.9. The molecule has 1 N–H and O–H groups in total. The van der Waals surface area contributed by atoms with Crippen LogP contribution in [0.5, 0.6) is 0 Å². The number of benzene rings is 2. The molecule has 2 aromatic rings. The highest BCUT2D eigenvalue weighted by atomic mass is 16.2. The molecular weight excluding hydrogens is 330 g/mol. The van der Waals surface area contributed by atoms with E-state index in [0.29, 0.717) is 6.54 Å². The van der Waals surface area contributed by atoms with Gasteiger partial charge in [0.1, 0.15) is 6.04 Å². The number of carbonyl (C=O) groups excluding carboxylic acids is 3. The Balaban J connectivity index is 1.55. The van der Waals surface area contributed by atoms with Crippen LogP contribution in [0.1, 0.15) is 12.0 Å². The summed E-state index contributed by atoms with van der Waals surface area (Å²) in [5, 5.41) is 2.81. The lowest BCUT2D eigenvalue weighted by Gasteiger charge is -2.15. The van der Waals surface area contributed by atoms with Gasteiger partial charge in [-0.05, 0) is 16.7 Å². The Morgan fingerprint density at radius 3 is 2.15 bits per heavy atom. The van der Waals surface area contributed by atoms with Gasteiger partial charge < -0.3 is 10.2 Å². The first-order chi connectivity index (χ1) is 12.5. The predicted octanol–water partition coefficient (Wildman–Crippen LogP) is 2.25. The van der Waals surface area contributed by atoms with E-state index in [1.165, 1.54) is 19.0 Å². The quantitative estimate of drug-likeness (QED) is 0.840. The third-order valence-electron chi connectivity index (χ3n) is 4.60. The van der Waals surface area contributed by atoms with Crippen LogP contribution in [0.4, 0.5) is 4.79 Å². The number of nitrogens with one attached hydrogen (secondary N) is 1. The SMILES string of the molecule is CN1C(=O)[C@@H](CC(=O)NCc2ccc(-c3ccccc3)cc2)N(C)C1=O. The molecule has 0 aliphatic carbocycles. The van der Waals surface area contributed by atoms with Gasteiger partial charge in [0.15, 0.2) is 0 Å². The molecule has 0 spiro atoms. The van der Waals surface area contributed by atoms with Crippen LogP contribution in [0.25, 0.3) is 11.1 Å². The molecule has 1 aliphatic rings. The van der Waals surface area contributed by atoms with Crippen molar-refractivity contribution in [2.45, 2.75) is 19.0 Å². The van der Waals surface area contributed by atoms with Gasteiger partial charge in [0, 0.05) is 20.6 Å². The predicted molar refractivity (Wildman–Crippen MR) is 98.1 cm³/mol. The average Bonchev–Trinajstić information content (AvgIpc) is 2.85. The number of hydrogen-bond donors (Lipinski definition) is 1. The van der Waals surface area contributed by atoms with Crippen molar-refractivity contribution in [3.63, 3.8) is 0 Å². The molecule has 0 radical (unpaired) electrons. The Bertz CT molecular complexity index is 818. The zero-order valence-corrected chi connectivity index (χ0v) is 14.8. The summed E-state index contributed by atoms with van der Waals surface area (Å²) in [6.45, 7) is 0.377. The first-order valence-electron chi connectivity index (χ1n) is 8.43. The van der Waals surface area contributed by atoms with Crippen molar-refractivity contribution in [1.29, 1.82) is 0 Å². The Morgan fingerprint density at radius 2 is 1.58 bits per heavy atom. The summed E-state index contributed by atoms with van der Waals surface area (Å²) in [4.78, 5) is 38.2. The number of hydrogen-bond acceptors (Lipinski definition) is 3. The number of nitrogens with zero attached hydrogens (tertiary/aromatic N) is 2. The van der Waals surface area contributed by atoms with E-state index in [-0.39, 0.29) is 24.3 Å². The van der Waals surface area contributed by atoms with Crippen molar-refractivity contribution in [3.8, 4) is 11.1 Å². The number of likely N-dealkylation sites (N-methyl/N-ethyl adjacent to an activating group) is 2. The van der Waals surface area contributed by atoms with Crippen LogP contribution >= 0.6 is 0 Å². The molecule has 1 fully saturated rings. The van der Waals surface area contributed by atoms with Crippen molar-refractivity contribution in [2.24, 2.45) is 0 Å². The van der Waals surface area contributed by atoms with Gasteiger partial charge in [0.2, 0.25) is 5.91 Å².